The Morgan fingerprint density at radius 3 is 2.87 bits per heavy atom. The summed E-state index contributed by atoms with van der Waals surface area (Å²) in [6.07, 6.45) is 2.88. The van der Waals surface area contributed by atoms with Gasteiger partial charge in [0.1, 0.15) is 5.78 Å². The molecule has 1 atom stereocenters. The lowest BCUT2D eigenvalue weighted by molar-refractivity contribution is -0.118. The Labute approximate surface area is 99.4 Å². The molecule has 0 aliphatic rings. The van der Waals surface area contributed by atoms with Gasteiger partial charge in [-0.3, -0.25) is 4.79 Å². The first-order valence-corrected chi connectivity index (χ1v) is 6.32. The summed E-state index contributed by atoms with van der Waals surface area (Å²) in [5, 5.41) is 0. The van der Waals surface area contributed by atoms with Crippen molar-refractivity contribution >= 4 is 28.7 Å². The van der Waals surface area contributed by atoms with E-state index >= 15 is 0 Å². The molecule has 0 aliphatic heterocycles. The molecule has 15 heavy (non-hydrogen) atoms. The minimum atomic E-state index is 0.0120. The molecule has 4 heteroatoms. The number of halogens is 1. The van der Waals surface area contributed by atoms with Crippen molar-refractivity contribution in [1.82, 2.24) is 0 Å². The van der Waals surface area contributed by atoms with Gasteiger partial charge in [-0.1, -0.05) is 24.9 Å². The molecule has 0 saturated carbocycles. The normalized spacial score (nSPS) is 12.7. The number of carbonyl (C=O) groups is 1. The van der Waals surface area contributed by atoms with Crippen molar-refractivity contribution in [3.05, 3.63) is 21.3 Å². The molecule has 0 fully saturated rings. The molecule has 0 aliphatic carbocycles. The van der Waals surface area contributed by atoms with E-state index in [0.29, 0.717) is 12.8 Å². The van der Waals surface area contributed by atoms with Crippen LogP contribution in [0.15, 0.2) is 12.1 Å². The number of carbonyl (C=O) groups excluding carboxylic acids is 1. The molecule has 0 aromatic carbocycles. The van der Waals surface area contributed by atoms with Gasteiger partial charge in [0.25, 0.3) is 0 Å². The fourth-order valence-electron chi connectivity index (χ4n) is 1.48. The Hall–Kier alpha value is -0.380. The molecule has 0 saturated heterocycles. The molecule has 0 radical (unpaired) electrons. The highest BCUT2D eigenvalue weighted by molar-refractivity contribution is 7.16. The molecule has 2 N–H and O–H groups in total. The van der Waals surface area contributed by atoms with E-state index in [-0.39, 0.29) is 11.8 Å². The molecular formula is C11H16ClNOS. The van der Waals surface area contributed by atoms with E-state index in [1.54, 1.807) is 0 Å². The molecule has 1 aromatic heterocycles. The Morgan fingerprint density at radius 1 is 1.60 bits per heavy atom. The van der Waals surface area contributed by atoms with Crippen molar-refractivity contribution in [3.63, 3.8) is 0 Å². The van der Waals surface area contributed by atoms with E-state index in [4.69, 9.17) is 17.3 Å². The highest BCUT2D eigenvalue weighted by Crippen LogP contribution is 2.22. The van der Waals surface area contributed by atoms with Crippen molar-refractivity contribution in [2.24, 2.45) is 5.73 Å². The van der Waals surface area contributed by atoms with Gasteiger partial charge < -0.3 is 5.73 Å². The second-order valence-electron chi connectivity index (χ2n) is 3.67. The fraction of sp³-hybridized carbons (Fsp3) is 0.545. The summed E-state index contributed by atoms with van der Waals surface area (Å²) < 4.78 is 0.732. The largest absolute Gasteiger partial charge is 0.327 e. The lowest BCUT2D eigenvalue weighted by atomic mass is 10.0. The number of hydrogen-bond acceptors (Lipinski definition) is 3. The van der Waals surface area contributed by atoms with E-state index in [9.17, 15) is 4.79 Å². The van der Waals surface area contributed by atoms with E-state index in [1.807, 2.05) is 12.1 Å². The van der Waals surface area contributed by atoms with Gasteiger partial charge in [0.05, 0.1) is 4.34 Å². The Balaban J connectivity index is 2.36. The number of nitrogens with two attached hydrogens (primary N) is 1. The van der Waals surface area contributed by atoms with Crippen molar-refractivity contribution in [3.8, 4) is 0 Å². The zero-order valence-corrected chi connectivity index (χ0v) is 10.4. The summed E-state index contributed by atoms with van der Waals surface area (Å²) in [5.41, 5.74) is 5.80. The van der Waals surface area contributed by atoms with Crippen molar-refractivity contribution < 1.29 is 4.79 Å². The summed E-state index contributed by atoms with van der Waals surface area (Å²) in [5.74, 6) is 0.203. The van der Waals surface area contributed by atoms with Crippen LogP contribution in [0.5, 0.6) is 0 Å². The van der Waals surface area contributed by atoms with E-state index in [1.165, 1.54) is 11.3 Å². The minimum Gasteiger partial charge on any atom is -0.327 e. The molecule has 1 unspecified atom stereocenters. The van der Waals surface area contributed by atoms with Gasteiger partial charge >= 0.3 is 0 Å². The van der Waals surface area contributed by atoms with E-state index in [2.05, 4.69) is 6.92 Å². The lowest BCUT2D eigenvalue weighted by Gasteiger charge is -2.07. The zero-order chi connectivity index (χ0) is 11.3. The first-order chi connectivity index (χ1) is 7.11. The van der Waals surface area contributed by atoms with Crippen molar-refractivity contribution in [2.45, 2.75) is 38.6 Å². The average molecular weight is 246 g/mol. The summed E-state index contributed by atoms with van der Waals surface area (Å²) in [6.45, 7) is 2.07. The van der Waals surface area contributed by atoms with Crippen LogP contribution in [-0.2, 0) is 11.2 Å². The van der Waals surface area contributed by atoms with Crippen LogP contribution in [0.1, 0.15) is 31.1 Å². The first-order valence-electron chi connectivity index (χ1n) is 5.13. The molecule has 0 amide bonds. The van der Waals surface area contributed by atoms with Gasteiger partial charge in [0.2, 0.25) is 0 Å². The average Bonchev–Trinajstić information content (AvgIpc) is 2.51. The zero-order valence-electron chi connectivity index (χ0n) is 8.83. The van der Waals surface area contributed by atoms with Crippen LogP contribution in [0.3, 0.4) is 0 Å². The summed E-state index contributed by atoms with van der Waals surface area (Å²) in [4.78, 5) is 12.6. The van der Waals surface area contributed by atoms with Crippen LogP contribution in [-0.4, -0.2) is 11.8 Å². The van der Waals surface area contributed by atoms with E-state index < -0.39 is 0 Å². The fourth-order valence-corrected chi connectivity index (χ4v) is 2.59. The number of rotatable bonds is 6. The van der Waals surface area contributed by atoms with E-state index in [0.717, 1.165) is 22.1 Å². The van der Waals surface area contributed by atoms with Crippen LogP contribution < -0.4 is 5.73 Å². The molecule has 2 nitrogen and oxygen atoms in total. The quantitative estimate of drug-likeness (QED) is 0.837. The topological polar surface area (TPSA) is 43.1 Å². The Bertz CT molecular complexity index is 324. The minimum absolute atomic E-state index is 0.0120. The standard InChI is InChI=1S/C11H16ClNOS/c1-2-3-8(13)6-9(14)7-10-4-5-11(12)15-10/h4-5,8H,2-3,6-7,13H2,1H3. The molecule has 0 spiro atoms. The monoisotopic (exact) mass is 245 g/mol. The third kappa shape index (κ3) is 4.78. The summed E-state index contributed by atoms with van der Waals surface area (Å²) >= 11 is 7.24. The van der Waals surface area contributed by atoms with Gasteiger partial charge in [-0.05, 0) is 18.6 Å². The van der Waals surface area contributed by atoms with Crippen LogP contribution in [0.4, 0.5) is 0 Å². The SMILES string of the molecule is CCCC(N)CC(=O)Cc1ccc(Cl)s1. The predicted octanol–water partition coefficient (Wildman–Crippen LogP) is 3.03. The van der Waals surface area contributed by atoms with Crippen LogP contribution in [0.2, 0.25) is 4.34 Å². The van der Waals surface area contributed by atoms with Gasteiger partial charge in [0, 0.05) is 23.8 Å². The molecule has 0 bridgehead atoms. The molecule has 1 aromatic rings. The first kappa shape index (κ1) is 12.7. The third-order valence-electron chi connectivity index (χ3n) is 2.15. The van der Waals surface area contributed by atoms with Crippen LogP contribution >= 0.6 is 22.9 Å². The van der Waals surface area contributed by atoms with Gasteiger partial charge in [0.15, 0.2) is 0 Å². The van der Waals surface area contributed by atoms with Gasteiger partial charge in [-0.25, -0.2) is 0 Å². The molecule has 84 valence electrons. The van der Waals surface area contributed by atoms with Crippen LogP contribution in [0, 0.1) is 0 Å². The van der Waals surface area contributed by atoms with Gasteiger partial charge in [-0.2, -0.15) is 0 Å². The third-order valence-corrected chi connectivity index (χ3v) is 3.38. The van der Waals surface area contributed by atoms with Crippen molar-refractivity contribution in [2.75, 3.05) is 0 Å². The maximum atomic E-state index is 11.6. The molecule has 1 heterocycles. The number of ketones is 1. The maximum absolute atomic E-state index is 11.6. The summed E-state index contributed by atoms with van der Waals surface area (Å²) in [7, 11) is 0. The maximum Gasteiger partial charge on any atom is 0.139 e. The second-order valence-corrected chi connectivity index (χ2v) is 5.47. The second kappa shape index (κ2) is 6.26. The lowest BCUT2D eigenvalue weighted by Crippen LogP contribution is -2.24. The summed E-state index contributed by atoms with van der Waals surface area (Å²) in [6, 6.07) is 3.73. The smallest absolute Gasteiger partial charge is 0.139 e. The van der Waals surface area contributed by atoms with Crippen molar-refractivity contribution in [1.29, 1.82) is 0 Å². The van der Waals surface area contributed by atoms with Gasteiger partial charge in [-0.15, -0.1) is 11.3 Å². The Kier molecular flexibility index (Phi) is 5.29. The highest BCUT2D eigenvalue weighted by atomic mass is 35.5. The molecular weight excluding hydrogens is 230 g/mol. The molecule has 1 rings (SSSR count). The van der Waals surface area contributed by atoms with Crippen LogP contribution in [0.25, 0.3) is 0 Å². The predicted molar refractivity (Wildman–Crippen MR) is 65.5 cm³/mol. The Morgan fingerprint density at radius 2 is 2.33 bits per heavy atom. The number of hydrogen-bond donors (Lipinski definition) is 1. The number of Topliss-reactive ketones (excluding diaryl/α,β-unsaturated/α-hetero) is 1. The number of thiophene rings is 1. The highest BCUT2D eigenvalue weighted by Gasteiger charge is 2.10.